The normalized spacial score (nSPS) is 17.2. The SMILES string of the molecule is CCCCn1c(N2CCN(c3ccccc3)CC2)c(/C=C2/SC(=S)N(CC(C)C)C2=O)c(C)c(C#N)c1=O. The lowest BCUT2D eigenvalue weighted by Gasteiger charge is -2.39. The predicted molar refractivity (Wildman–Crippen MR) is 161 cm³/mol. The molecule has 4 rings (SSSR count). The van der Waals surface area contributed by atoms with Crippen LogP contribution in [0.15, 0.2) is 40.0 Å². The molecule has 0 unspecified atom stereocenters. The molecular formula is C29H35N5O2S2. The van der Waals surface area contributed by atoms with E-state index in [0.717, 1.165) is 50.4 Å². The number of benzene rings is 1. The molecule has 2 aliphatic heterocycles. The summed E-state index contributed by atoms with van der Waals surface area (Å²) in [6.07, 6.45) is 3.60. The van der Waals surface area contributed by atoms with Gasteiger partial charge in [-0.25, -0.2) is 0 Å². The molecule has 0 N–H and O–H groups in total. The topological polar surface area (TPSA) is 72.6 Å². The molecule has 3 heterocycles. The lowest BCUT2D eigenvalue weighted by molar-refractivity contribution is -0.122. The first-order valence-corrected chi connectivity index (χ1v) is 14.5. The van der Waals surface area contributed by atoms with E-state index in [0.29, 0.717) is 27.9 Å². The monoisotopic (exact) mass is 549 g/mol. The summed E-state index contributed by atoms with van der Waals surface area (Å²) in [4.78, 5) is 33.6. The second-order valence-corrected chi connectivity index (χ2v) is 11.8. The third-order valence-electron chi connectivity index (χ3n) is 6.98. The van der Waals surface area contributed by atoms with Crippen LogP contribution in [-0.4, -0.2) is 52.4 Å². The maximum atomic E-state index is 13.5. The van der Waals surface area contributed by atoms with E-state index >= 15 is 0 Å². The van der Waals surface area contributed by atoms with Crippen LogP contribution in [0.5, 0.6) is 0 Å². The van der Waals surface area contributed by atoms with Crippen molar-refractivity contribution in [2.45, 2.75) is 47.1 Å². The molecule has 0 spiro atoms. The zero-order chi connectivity index (χ0) is 27.4. The summed E-state index contributed by atoms with van der Waals surface area (Å²) in [6, 6.07) is 12.5. The number of carbonyl (C=O) groups excluding carboxylic acids is 1. The molecule has 1 amide bonds. The van der Waals surface area contributed by atoms with E-state index in [2.05, 4.69) is 48.8 Å². The quantitative estimate of drug-likeness (QED) is 0.338. The zero-order valence-electron chi connectivity index (χ0n) is 22.6. The van der Waals surface area contributed by atoms with Gasteiger partial charge in [0.1, 0.15) is 21.8 Å². The van der Waals surface area contributed by atoms with Gasteiger partial charge >= 0.3 is 0 Å². The lowest BCUT2D eigenvalue weighted by atomic mass is 10.0. The number of piperazine rings is 1. The molecule has 0 saturated carbocycles. The van der Waals surface area contributed by atoms with Gasteiger partial charge in [-0.3, -0.25) is 19.1 Å². The number of aromatic nitrogens is 1. The van der Waals surface area contributed by atoms with Crippen LogP contribution in [0, 0.1) is 24.2 Å². The van der Waals surface area contributed by atoms with Crippen LogP contribution in [0.3, 0.4) is 0 Å². The number of carbonyl (C=O) groups is 1. The second-order valence-electron chi connectivity index (χ2n) is 10.2. The van der Waals surface area contributed by atoms with Crippen LogP contribution in [0.25, 0.3) is 6.08 Å². The largest absolute Gasteiger partial charge is 0.368 e. The fourth-order valence-electron chi connectivity index (χ4n) is 4.98. The third-order valence-corrected chi connectivity index (χ3v) is 8.36. The van der Waals surface area contributed by atoms with E-state index in [1.807, 2.05) is 31.2 Å². The molecule has 7 nitrogen and oxygen atoms in total. The molecule has 1 aromatic carbocycles. The smallest absolute Gasteiger partial charge is 0.270 e. The Bertz CT molecular complexity index is 1340. The van der Waals surface area contributed by atoms with Crippen molar-refractivity contribution in [2.24, 2.45) is 5.92 Å². The summed E-state index contributed by atoms with van der Waals surface area (Å²) in [5, 5.41) is 9.93. The first-order valence-electron chi connectivity index (χ1n) is 13.2. The minimum Gasteiger partial charge on any atom is -0.368 e. The third kappa shape index (κ3) is 5.67. The molecule has 0 radical (unpaired) electrons. The lowest BCUT2D eigenvalue weighted by Crippen LogP contribution is -2.48. The molecule has 2 fully saturated rings. The Morgan fingerprint density at radius 3 is 2.37 bits per heavy atom. The molecular weight excluding hydrogens is 514 g/mol. The molecule has 0 bridgehead atoms. The number of thioether (sulfide) groups is 1. The van der Waals surface area contributed by atoms with Crippen LogP contribution in [0.1, 0.15) is 50.3 Å². The summed E-state index contributed by atoms with van der Waals surface area (Å²) in [5.41, 5.74) is 2.43. The number of rotatable bonds is 8. The number of para-hydroxylation sites is 1. The van der Waals surface area contributed by atoms with Gasteiger partial charge in [-0.15, -0.1) is 0 Å². The summed E-state index contributed by atoms with van der Waals surface area (Å²) < 4.78 is 2.30. The highest BCUT2D eigenvalue weighted by molar-refractivity contribution is 8.26. The molecule has 2 aliphatic rings. The van der Waals surface area contributed by atoms with Crippen molar-refractivity contribution < 1.29 is 4.79 Å². The van der Waals surface area contributed by atoms with Gasteiger partial charge in [0.2, 0.25) is 0 Å². The Morgan fingerprint density at radius 1 is 1.11 bits per heavy atom. The standard InChI is InChI=1S/C29H35N5O2S2/c1-5-6-12-33-26(32-15-13-31(14-16-32)22-10-8-7-9-11-22)23(21(4)24(18-30)27(33)35)17-25-28(36)34(19-20(2)3)29(37)38-25/h7-11,17,20H,5-6,12-16,19H2,1-4H3/b25-17+. The molecule has 38 heavy (non-hydrogen) atoms. The van der Waals surface area contributed by atoms with Crippen LogP contribution < -0.4 is 15.4 Å². The molecule has 200 valence electrons. The summed E-state index contributed by atoms with van der Waals surface area (Å²) >= 11 is 6.83. The van der Waals surface area contributed by atoms with Crippen molar-refractivity contribution >= 4 is 51.8 Å². The zero-order valence-corrected chi connectivity index (χ0v) is 24.2. The van der Waals surface area contributed by atoms with E-state index in [9.17, 15) is 14.9 Å². The fraction of sp³-hybridized carbons (Fsp3) is 0.448. The minimum atomic E-state index is -0.261. The average molecular weight is 550 g/mol. The number of unbranched alkanes of at least 4 members (excludes halogenated alkanes) is 1. The van der Waals surface area contributed by atoms with Crippen LogP contribution in [0.4, 0.5) is 11.5 Å². The Kier molecular flexibility index (Phi) is 8.95. The van der Waals surface area contributed by atoms with E-state index in [4.69, 9.17) is 12.2 Å². The van der Waals surface area contributed by atoms with Gasteiger partial charge < -0.3 is 9.80 Å². The first-order chi connectivity index (χ1) is 18.3. The Morgan fingerprint density at radius 2 is 1.76 bits per heavy atom. The number of anilines is 2. The number of thiocarbonyl (C=S) groups is 1. The summed E-state index contributed by atoms with van der Waals surface area (Å²) in [7, 11) is 0. The molecule has 1 aromatic heterocycles. The van der Waals surface area contributed by atoms with Crippen molar-refractivity contribution in [3.8, 4) is 6.07 Å². The molecule has 2 saturated heterocycles. The van der Waals surface area contributed by atoms with E-state index in [1.54, 1.807) is 9.47 Å². The maximum absolute atomic E-state index is 13.5. The molecule has 9 heteroatoms. The van der Waals surface area contributed by atoms with Crippen molar-refractivity contribution in [1.82, 2.24) is 9.47 Å². The van der Waals surface area contributed by atoms with Gasteiger partial charge in [0, 0.05) is 50.5 Å². The van der Waals surface area contributed by atoms with Crippen molar-refractivity contribution in [3.05, 3.63) is 62.3 Å². The Balaban J connectivity index is 1.80. The molecule has 2 aromatic rings. The highest BCUT2D eigenvalue weighted by Gasteiger charge is 2.34. The van der Waals surface area contributed by atoms with Crippen LogP contribution in [0.2, 0.25) is 0 Å². The van der Waals surface area contributed by atoms with Gasteiger partial charge in [-0.05, 0) is 43.0 Å². The Labute approximate surface area is 234 Å². The number of nitrogens with zero attached hydrogens (tertiary/aromatic N) is 5. The first kappa shape index (κ1) is 27.9. The highest BCUT2D eigenvalue weighted by atomic mass is 32.2. The van der Waals surface area contributed by atoms with Gasteiger partial charge in [-0.1, -0.05) is 69.4 Å². The van der Waals surface area contributed by atoms with E-state index in [-0.39, 0.29) is 22.9 Å². The minimum absolute atomic E-state index is 0.113. The fourth-order valence-corrected chi connectivity index (χ4v) is 6.23. The molecule has 0 aliphatic carbocycles. The number of pyridine rings is 1. The summed E-state index contributed by atoms with van der Waals surface area (Å²) in [5.74, 6) is 0.968. The second kappa shape index (κ2) is 12.2. The van der Waals surface area contributed by atoms with E-state index in [1.165, 1.54) is 17.4 Å². The van der Waals surface area contributed by atoms with Crippen LogP contribution >= 0.6 is 24.0 Å². The maximum Gasteiger partial charge on any atom is 0.270 e. The van der Waals surface area contributed by atoms with E-state index < -0.39 is 0 Å². The number of hydrogen-bond donors (Lipinski definition) is 0. The highest BCUT2D eigenvalue weighted by Crippen LogP contribution is 2.36. The van der Waals surface area contributed by atoms with Gasteiger partial charge in [0.15, 0.2) is 0 Å². The number of nitriles is 1. The molecule has 0 atom stereocenters. The van der Waals surface area contributed by atoms with Gasteiger partial charge in [0.05, 0.1) is 4.91 Å². The van der Waals surface area contributed by atoms with Crippen molar-refractivity contribution in [2.75, 3.05) is 42.5 Å². The van der Waals surface area contributed by atoms with Crippen LogP contribution in [-0.2, 0) is 11.3 Å². The van der Waals surface area contributed by atoms with Gasteiger partial charge in [-0.2, -0.15) is 5.26 Å². The van der Waals surface area contributed by atoms with Crippen molar-refractivity contribution in [3.63, 3.8) is 0 Å². The predicted octanol–water partition coefficient (Wildman–Crippen LogP) is 5.01. The number of amides is 1. The van der Waals surface area contributed by atoms with Crippen molar-refractivity contribution in [1.29, 1.82) is 5.26 Å². The summed E-state index contributed by atoms with van der Waals surface area (Å²) in [6.45, 7) is 12.2. The average Bonchev–Trinajstić information content (AvgIpc) is 3.17. The van der Waals surface area contributed by atoms with Gasteiger partial charge in [0.25, 0.3) is 11.5 Å². The Hall–Kier alpha value is -3.09. The number of hydrogen-bond acceptors (Lipinski definition) is 7.